The second kappa shape index (κ2) is 8.01. The molecule has 109 valence electrons. The van der Waals surface area contributed by atoms with Gasteiger partial charge in [0.2, 0.25) is 11.3 Å². The molecule has 0 unspecified atom stereocenters. The van der Waals surface area contributed by atoms with Gasteiger partial charge in [0.1, 0.15) is 5.56 Å². The van der Waals surface area contributed by atoms with Crippen LogP contribution in [0.2, 0.25) is 0 Å². The number of H-pyrrole nitrogens is 1. The van der Waals surface area contributed by atoms with Crippen molar-refractivity contribution in [3.63, 3.8) is 0 Å². The van der Waals surface area contributed by atoms with E-state index in [1.807, 2.05) is 6.07 Å². The predicted octanol–water partition coefficient (Wildman–Crippen LogP) is 3.03. The maximum atomic E-state index is 12.3. The standard InChI is InChI=1S/C16H11N2O2.CH3.Y/c19-15-12-8-4-5-9-14(12)17-10-13(15)16(20)18-11-6-2-1-3-7-11;;/h1-2,4-10H,(H,17,19)(H,18,20);1H3;/q2*-1;. The van der Waals surface area contributed by atoms with E-state index in [9.17, 15) is 9.59 Å². The molecule has 1 amide bonds. The molecule has 1 aromatic heterocycles. The van der Waals surface area contributed by atoms with E-state index in [1.165, 1.54) is 6.20 Å². The van der Waals surface area contributed by atoms with Crippen LogP contribution in [-0.2, 0) is 32.7 Å². The van der Waals surface area contributed by atoms with Crippen LogP contribution in [0.1, 0.15) is 10.4 Å². The van der Waals surface area contributed by atoms with Gasteiger partial charge in [-0.15, -0.1) is 6.07 Å². The number of carbonyl (C=O) groups is 1. The average molecular weight is 367 g/mol. The minimum absolute atomic E-state index is 0. The van der Waals surface area contributed by atoms with Crippen LogP contribution in [0.25, 0.3) is 10.9 Å². The zero-order chi connectivity index (χ0) is 13.9. The van der Waals surface area contributed by atoms with Crippen molar-refractivity contribution >= 4 is 22.5 Å². The van der Waals surface area contributed by atoms with Crippen molar-refractivity contribution in [1.82, 2.24) is 4.98 Å². The molecule has 0 atom stereocenters. The third kappa shape index (κ3) is 3.70. The van der Waals surface area contributed by atoms with E-state index in [0.717, 1.165) is 0 Å². The quantitative estimate of drug-likeness (QED) is 0.684. The SMILES string of the molecule is O=C(Nc1c[c-]ccc1)c1c[nH]c2ccccc2c1=O.[CH3-].[Y]. The fourth-order valence-electron chi connectivity index (χ4n) is 2.01. The summed E-state index contributed by atoms with van der Waals surface area (Å²) < 4.78 is 0. The zero-order valence-corrected chi connectivity index (χ0v) is 14.9. The summed E-state index contributed by atoms with van der Waals surface area (Å²) in [6.45, 7) is 0. The Balaban J connectivity index is 0.00000121. The number of pyridine rings is 1. The number of rotatable bonds is 2. The van der Waals surface area contributed by atoms with Gasteiger partial charge in [0, 0.05) is 49.8 Å². The van der Waals surface area contributed by atoms with E-state index in [4.69, 9.17) is 0 Å². The first-order valence-electron chi connectivity index (χ1n) is 6.13. The molecule has 0 spiro atoms. The fourth-order valence-corrected chi connectivity index (χ4v) is 2.01. The normalized spacial score (nSPS) is 9.45. The second-order valence-electron chi connectivity index (χ2n) is 4.32. The van der Waals surface area contributed by atoms with E-state index in [2.05, 4.69) is 16.4 Å². The summed E-state index contributed by atoms with van der Waals surface area (Å²) in [5.41, 5.74) is 1.12. The molecule has 22 heavy (non-hydrogen) atoms. The molecular weight excluding hydrogens is 353 g/mol. The number of nitrogens with one attached hydrogen (secondary N) is 2. The Kier molecular flexibility index (Phi) is 6.66. The molecule has 0 aliphatic rings. The van der Waals surface area contributed by atoms with Gasteiger partial charge in [-0.05, 0) is 12.1 Å². The molecule has 1 radical (unpaired) electrons. The van der Waals surface area contributed by atoms with Crippen molar-refractivity contribution in [2.45, 2.75) is 0 Å². The predicted molar refractivity (Wildman–Crippen MR) is 84.2 cm³/mol. The van der Waals surface area contributed by atoms with E-state index in [-0.39, 0.29) is 51.1 Å². The Labute approximate surface area is 153 Å². The maximum Gasteiger partial charge on any atom is 0.250 e. The average Bonchev–Trinajstić information content (AvgIpc) is 2.49. The van der Waals surface area contributed by atoms with Gasteiger partial charge in [-0.3, -0.25) is 9.59 Å². The number of amides is 1. The van der Waals surface area contributed by atoms with E-state index in [1.54, 1.807) is 42.5 Å². The smallest absolute Gasteiger partial charge is 0.250 e. The first-order chi connectivity index (χ1) is 9.75. The Morgan fingerprint density at radius 2 is 1.91 bits per heavy atom. The van der Waals surface area contributed by atoms with E-state index in [0.29, 0.717) is 16.6 Å². The van der Waals surface area contributed by atoms with E-state index < -0.39 is 5.91 Å². The molecule has 1 heterocycles. The molecule has 0 fully saturated rings. The van der Waals surface area contributed by atoms with Crippen LogP contribution in [0.3, 0.4) is 0 Å². The molecule has 3 aromatic rings. The van der Waals surface area contributed by atoms with Crippen molar-refractivity contribution in [3.8, 4) is 0 Å². The minimum atomic E-state index is -0.434. The number of carbonyl (C=O) groups excluding carboxylic acids is 1. The van der Waals surface area contributed by atoms with Crippen LogP contribution in [-0.4, -0.2) is 10.9 Å². The van der Waals surface area contributed by atoms with Crippen LogP contribution in [0, 0.1) is 13.5 Å². The van der Waals surface area contributed by atoms with Crippen molar-refractivity contribution in [3.05, 3.63) is 84.0 Å². The number of fused-ring (bicyclic) bond motifs is 1. The Morgan fingerprint density at radius 3 is 2.64 bits per heavy atom. The second-order valence-corrected chi connectivity index (χ2v) is 4.32. The van der Waals surface area contributed by atoms with Gasteiger partial charge in [0.15, 0.2) is 0 Å². The Hall–Kier alpha value is -1.78. The summed E-state index contributed by atoms with van der Waals surface area (Å²) in [7, 11) is 0. The zero-order valence-electron chi connectivity index (χ0n) is 12.1. The number of para-hydroxylation sites is 1. The minimum Gasteiger partial charge on any atom is -0.375 e. The molecule has 0 saturated carbocycles. The van der Waals surface area contributed by atoms with Crippen LogP contribution < -0.4 is 10.7 Å². The number of anilines is 1. The summed E-state index contributed by atoms with van der Waals surface area (Å²) >= 11 is 0. The fraction of sp³-hybridized carbons (Fsp3) is 0. The Bertz CT molecular complexity index is 829. The van der Waals surface area contributed by atoms with Gasteiger partial charge in [0.05, 0.1) is 0 Å². The van der Waals surface area contributed by atoms with Gasteiger partial charge in [0.25, 0.3) is 0 Å². The van der Waals surface area contributed by atoms with Gasteiger partial charge >= 0.3 is 0 Å². The third-order valence-corrected chi connectivity index (χ3v) is 3.00. The van der Waals surface area contributed by atoms with Crippen molar-refractivity contribution in [1.29, 1.82) is 0 Å². The molecule has 3 rings (SSSR count). The monoisotopic (exact) mass is 367 g/mol. The van der Waals surface area contributed by atoms with Crippen LogP contribution in [0.4, 0.5) is 5.69 Å². The van der Waals surface area contributed by atoms with Crippen molar-refractivity contribution in [2.75, 3.05) is 5.32 Å². The number of benzene rings is 2. The first-order valence-corrected chi connectivity index (χ1v) is 6.13. The topological polar surface area (TPSA) is 62.0 Å². The summed E-state index contributed by atoms with van der Waals surface area (Å²) in [6.07, 6.45) is 1.44. The largest absolute Gasteiger partial charge is 0.375 e. The van der Waals surface area contributed by atoms with Gasteiger partial charge in [-0.25, -0.2) is 0 Å². The molecule has 2 N–H and O–H groups in total. The summed E-state index contributed by atoms with van der Waals surface area (Å²) in [4.78, 5) is 27.4. The van der Waals surface area contributed by atoms with E-state index >= 15 is 0 Å². The molecular formula is C17H14N2O2Y-2. The van der Waals surface area contributed by atoms with Crippen LogP contribution in [0.15, 0.2) is 59.5 Å². The van der Waals surface area contributed by atoms with Gasteiger partial charge < -0.3 is 17.7 Å². The summed E-state index contributed by atoms with van der Waals surface area (Å²) in [5, 5.41) is 3.17. The number of aromatic nitrogens is 1. The number of aromatic amines is 1. The first kappa shape index (κ1) is 18.3. The Morgan fingerprint density at radius 1 is 1.14 bits per heavy atom. The molecule has 5 heteroatoms. The molecule has 0 bridgehead atoms. The van der Waals surface area contributed by atoms with Crippen LogP contribution >= 0.6 is 0 Å². The molecule has 0 saturated heterocycles. The summed E-state index contributed by atoms with van der Waals surface area (Å²) in [6, 6.07) is 16.8. The van der Waals surface area contributed by atoms with Crippen LogP contribution in [0.5, 0.6) is 0 Å². The van der Waals surface area contributed by atoms with Crippen molar-refractivity contribution in [2.24, 2.45) is 0 Å². The van der Waals surface area contributed by atoms with Crippen molar-refractivity contribution < 1.29 is 37.5 Å². The number of hydrogen-bond acceptors (Lipinski definition) is 2. The molecule has 4 nitrogen and oxygen atoms in total. The number of hydrogen-bond donors (Lipinski definition) is 2. The third-order valence-electron chi connectivity index (χ3n) is 3.00. The maximum absolute atomic E-state index is 12.3. The molecule has 0 aliphatic heterocycles. The molecule has 0 aliphatic carbocycles. The van der Waals surface area contributed by atoms with Gasteiger partial charge in [-0.1, -0.05) is 17.8 Å². The van der Waals surface area contributed by atoms with Gasteiger partial charge in [-0.2, -0.15) is 24.3 Å². The molecule has 2 aromatic carbocycles. The summed E-state index contributed by atoms with van der Waals surface area (Å²) in [5.74, 6) is -0.434.